The summed E-state index contributed by atoms with van der Waals surface area (Å²) < 4.78 is 6.22. The minimum atomic E-state index is 0.0734. The summed E-state index contributed by atoms with van der Waals surface area (Å²) in [5.74, 6) is 2.37. The maximum Gasteiger partial charge on any atom is 0.267 e. The molecule has 2 aliphatic rings. The van der Waals surface area contributed by atoms with Gasteiger partial charge in [-0.2, -0.15) is 0 Å². The van der Waals surface area contributed by atoms with Crippen molar-refractivity contribution in [3.63, 3.8) is 0 Å². The number of likely N-dealkylation sites (tertiary alicyclic amines) is 1. The quantitative estimate of drug-likeness (QED) is 0.855. The molecule has 24 heavy (non-hydrogen) atoms. The third-order valence-corrected chi connectivity index (χ3v) is 6.16. The molecule has 2 fully saturated rings. The van der Waals surface area contributed by atoms with E-state index >= 15 is 0 Å². The molecule has 1 aliphatic heterocycles. The number of hydrogen-bond donors (Lipinski definition) is 0. The third kappa shape index (κ3) is 2.97. The predicted molar refractivity (Wildman–Crippen MR) is 92.1 cm³/mol. The Hall–Kier alpha value is -1.76. The third-order valence-electron chi connectivity index (χ3n) is 5.35. The molecule has 2 aromatic rings. The molecule has 1 aliphatic carbocycles. The van der Waals surface area contributed by atoms with Gasteiger partial charge in [0.05, 0.1) is 5.69 Å². The number of rotatable bonds is 4. The Balaban J connectivity index is 1.48. The highest BCUT2D eigenvalue weighted by molar-refractivity contribution is 7.07. The van der Waals surface area contributed by atoms with Gasteiger partial charge in [0.2, 0.25) is 0 Å². The maximum absolute atomic E-state index is 12.7. The maximum atomic E-state index is 12.7. The van der Waals surface area contributed by atoms with Gasteiger partial charge >= 0.3 is 0 Å². The van der Waals surface area contributed by atoms with Crippen molar-refractivity contribution in [3.05, 3.63) is 28.8 Å². The summed E-state index contributed by atoms with van der Waals surface area (Å²) in [5.41, 5.74) is 0.735. The van der Waals surface area contributed by atoms with E-state index in [2.05, 4.69) is 25.3 Å². The minimum Gasteiger partial charge on any atom is -0.337 e. The fourth-order valence-electron chi connectivity index (χ4n) is 3.73. The fourth-order valence-corrected chi connectivity index (χ4v) is 4.36. The van der Waals surface area contributed by atoms with Crippen molar-refractivity contribution in [1.82, 2.24) is 24.0 Å². The minimum absolute atomic E-state index is 0.0734. The van der Waals surface area contributed by atoms with Crippen LogP contribution in [0.4, 0.5) is 0 Å². The van der Waals surface area contributed by atoms with Crippen molar-refractivity contribution in [2.24, 2.45) is 5.92 Å². The molecule has 0 N–H and O–H groups in total. The van der Waals surface area contributed by atoms with Crippen LogP contribution in [0.3, 0.4) is 0 Å². The molecule has 4 rings (SSSR count). The van der Waals surface area contributed by atoms with Gasteiger partial charge < -0.3 is 9.47 Å². The van der Waals surface area contributed by atoms with E-state index in [0.717, 1.165) is 49.9 Å². The Morgan fingerprint density at radius 3 is 2.92 bits per heavy atom. The fraction of sp³-hybridized carbons (Fsp3) is 0.647. The molecule has 1 amide bonds. The van der Waals surface area contributed by atoms with Crippen LogP contribution in [0.15, 0.2) is 12.4 Å². The van der Waals surface area contributed by atoms with E-state index in [0.29, 0.717) is 10.8 Å². The summed E-state index contributed by atoms with van der Waals surface area (Å²) in [6.07, 6.45) is 10.2. The lowest BCUT2D eigenvalue weighted by Gasteiger charge is -2.33. The Bertz CT molecular complexity index is 720. The van der Waals surface area contributed by atoms with Gasteiger partial charge in [0.1, 0.15) is 10.7 Å². The normalized spacial score (nSPS) is 21.7. The van der Waals surface area contributed by atoms with Gasteiger partial charge in [-0.05, 0) is 50.1 Å². The van der Waals surface area contributed by atoms with E-state index in [1.807, 2.05) is 18.0 Å². The first-order valence-corrected chi connectivity index (χ1v) is 9.59. The van der Waals surface area contributed by atoms with Crippen LogP contribution in [-0.4, -0.2) is 43.0 Å². The number of nitrogens with zero attached hydrogens (tertiary/aromatic N) is 5. The molecule has 7 heteroatoms. The zero-order valence-corrected chi connectivity index (χ0v) is 14.8. The molecule has 1 saturated heterocycles. The smallest absolute Gasteiger partial charge is 0.267 e. The van der Waals surface area contributed by atoms with Gasteiger partial charge in [-0.3, -0.25) is 4.79 Å². The van der Waals surface area contributed by atoms with E-state index in [-0.39, 0.29) is 5.91 Å². The number of aromatic nitrogens is 4. The molecule has 2 aromatic heterocycles. The van der Waals surface area contributed by atoms with Crippen LogP contribution in [0.2, 0.25) is 0 Å². The summed E-state index contributed by atoms with van der Waals surface area (Å²) in [6.45, 7) is 4.50. The molecule has 128 valence electrons. The lowest BCUT2D eigenvalue weighted by atomic mass is 9.85. The van der Waals surface area contributed by atoms with Crippen molar-refractivity contribution in [2.45, 2.75) is 51.5 Å². The molecule has 0 spiro atoms. The van der Waals surface area contributed by atoms with E-state index < -0.39 is 0 Å². The van der Waals surface area contributed by atoms with E-state index in [1.54, 1.807) is 0 Å². The second-order valence-corrected chi connectivity index (χ2v) is 7.77. The molecule has 0 aromatic carbocycles. The second kappa shape index (κ2) is 6.63. The van der Waals surface area contributed by atoms with Crippen LogP contribution in [0, 0.1) is 12.8 Å². The topological polar surface area (TPSA) is 63.9 Å². The number of amides is 1. The van der Waals surface area contributed by atoms with Crippen molar-refractivity contribution in [3.8, 4) is 0 Å². The Labute approximate surface area is 146 Å². The van der Waals surface area contributed by atoms with Crippen LogP contribution in [0.25, 0.3) is 0 Å². The number of aryl methyl sites for hydroxylation is 1. The molecular weight excluding hydrogens is 322 g/mol. The first-order chi connectivity index (χ1) is 11.7. The predicted octanol–water partition coefficient (Wildman–Crippen LogP) is 2.86. The van der Waals surface area contributed by atoms with Crippen LogP contribution in [-0.2, 0) is 6.54 Å². The summed E-state index contributed by atoms with van der Waals surface area (Å²) >= 11 is 1.20. The number of piperidine rings is 1. The van der Waals surface area contributed by atoms with Gasteiger partial charge in [0.15, 0.2) is 0 Å². The van der Waals surface area contributed by atoms with Crippen LogP contribution >= 0.6 is 11.5 Å². The zero-order chi connectivity index (χ0) is 16.5. The standard InChI is InChI=1S/C17H23N5OS/c1-12-15(24-20-19-12)17(23)22-8-3-6-14(11-22)16-18-7-9-21(16)10-13-4-2-5-13/h7,9,13-14H,2-6,8,10-11H2,1H3/t14-/m0/s1. The highest BCUT2D eigenvalue weighted by Crippen LogP contribution is 2.31. The largest absolute Gasteiger partial charge is 0.337 e. The van der Waals surface area contributed by atoms with Crippen molar-refractivity contribution in [1.29, 1.82) is 0 Å². The summed E-state index contributed by atoms with van der Waals surface area (Å²) in [6, 6.07) is 0. The van der Waals surface area contributed by atoms with Crippen molar-refractivity contribution < 1.29 is 4.79 Å². The average Bonchev–Trinajstić information content (AvgIpc) is 3.19. The van der Waals surface area contributed by atoms with Gasteiger partial charge in [0.25, 0.3) is 5.91 Å². The number of carbonyl (C=O) groups is 1. The molecule has 6 nitrogen and oxygen atoms in total. The first-order valence-electron chi connectivity index (χ1n) is 8.81. The molecule has 0 bridgehead atoms. The lowest BCUT2D eigenvalue weighted by Crippen LogP contribution is -2.39. The Morgan fingerprint density at radius 2 is 2.21 bits per heavy atom. The molecule has 0 unspecified atom stereocenters. The Morgan fingerprint density at radius 1 is 1.33 bits per heavy atom. The molecule has 1 saturated carbocycles. The zero-order valence-electron chi connectivity index (χ0n) is 14.0. The molecule has 1 atom stereocenters. The van der Waals surface area contributed by atoms with E-state index in [4.69, 9.17) is 0 Å². The number of hydrogen-bond acceptors (Lipinski definition) is 5. The monoisotopic (exact) mass is 345 g/mol. The average molecular weight is 345 g/mol. The summed E-state index contributed by atoms with van der Waals surface area (Å²) in [4.78, 5) is 20.0. The molecular formula is C17H23N5OS. The van der Waals surface area contributed by atoms with E-state index in [1.165, 1.54) is 30.8 Å². The number of imidazole rings is 1. The van der Waals surface area contributed by atoms with Gasteiger partial charge in [0, 0.05) is 37.9 Å². The van der Waals surface area contributed by atoms with Gasteiger partial charge in [-0.25, -0.2) is 4.98 Å². The van der Waals surface area contributed by atoms with Gasteiger partial charge in [-0.15, -0.1) is 5.10 Å². The highest BCUT2D eigenvalue weighted by atomic mass is 32.1. The second-order valence-electron chi connectivity index (χ2n) is 7.01. The van der Waals surface area contributed by atoms with Crippen LogP contribution in [0.1, 0.15) is 59.2 Å². The lowest BCUT2D eigenvalue weighted by molar-refractivity contribution is 0.0706. The van der Waals surface area contributed by atoms with Crippen LogP contribution in [0.5, 0.6) is 0 Å². The SMILES string of the molecule is Cc1nnsc1C(=O)N1CCC[C@H](c2nccn2CC2CCC2)C1. The van der Waals surface area contributed by atoms with Gasteiger partial charge in [-0.1, -0.05) is 10.9 Å². The van der Waals surface area contributed by atoms with E-state index in [9.17, 15) is 4.79 Å². The van der Waals surface area contributed by atoms with Crippen molar-refractivity contribution in [2.75, 3.05) is 13.1 Å². The van der Waals surface area contributed by atoms with Crippen LogP contribution < -0.4 is 0 Å². The summed E-state index contributed by atoms with van der Waals surface area (Å²) in [5, 5.41) is 3.97. The molecule has 0 radical (unpaired) electrons. The first kappa shape index (κ1) is 15.7. The Kier molecular flexibility index (Phi) is 4.35. The summed E-state index contributed by atoms with van der Waals surface area (Å²) in [7, 11) is 0. The highest BCUT2D eigenvalue weighted by Gasteiger charge is 2.30. The molecule has 3 heterocycles. The van der Waals surface area contributed by atoms with Crippen molar-refractivity contribution >= 4 is 17.4 Å². The number of carbonyl (C=O) groups excluding carboxylic acids is 1.